The van der Waals surface area contributed by atoms with E-state index in [-0.39, 0.29) is 5.91 Å². The molecular formula is C30H30N7O+. The third kappa shape index (κ3) is 4.97. The summed E-state index contributed by atoms with van der Waals surface area (Å²) in [5, 5.41) is 4.92. The van der Waals surface area contributed by atoms with Crippen LogP contribution >= 0.6 is 0 Å². The first-order chi connectivity index (χ1) is 18.5. The minimum absolute atomic E-state index is 0.198. The Morgan fingerprint density at radius 2 is 1.71 bits per heavy atom. The van der Waals surface area contributed by atoms with Crippen LogP contribution in [-0.4, -0.2) is 15.5 Å². The van der Waals surface area contributed by atoms with Crippen molar-refractivity contribution in [2.24, 2.45) is 4.99 Å². The van der Waals surface area contributed by atoms with Crippen molar-refractivity contribution in [3.8, 4) is 11.1 Å². The van der Waals surface area contributed by atoms with Crippen molar-refractivity contribution in [2.75, 3.05) is 16.8 Å². The minimum atomic E-state index is -0.198. The highest BCUT2D eigenvalue weighted by Crippen LogP contribution is 2.25. The van der Waals surface area contributed by atoms with Gasteiger partial charge in [0.25, 0.3) is 5.91 Å². The lowest BCUT2D eigenvalue weighted by Gasteiger charge is -2.09. The molecule has 0 aliphatic heterocycles. The first-order valence-electron chi connectivity index (χ1n) is 12.6. The lowest BCUT2D eigenvalue weighted by atomic mass is 10.1. The number of hydrogen-bond donors (Lipinski definition) is 3. The number of pyridine rings is 1. The maximum Gasteiger partial charge on any atom is 0.391 e. The van der Waals surface area contributed by atoms with Gasteiger partial charge in [-0.3, -0.25) is 10.5 Å². The van der Waals surface area contributed by atoms with Crippen molar-refractivity contribution in [1.82, 2.24) is 9.55 Å². The van der Waals surface area contributed by atoms with Gasteiger partial charge in [-0.05, 0) is 67.9 Å². The number of anilines is 3. The molecule has 0 radical (unpaired) electrons. The molecule has 0 atom stereocenters. The van der Waals surface area contributed by atoms with Crippen LogP contribution in [0.15, 0.2) is 96.2 Å². The highest BCUT2D eigenvalue weighted by atomic mass is 16.1. The molecule has 8 nitrogen and oxygen atoms in total. The Balaban J connectivity index is 1.33. The molecule has 5 rings (SSSR count). The second-order valence-corrected chi connectivity index (χ2v) is 8.88. The molecule has 0 unspecified atom stereocenters. The molecule has 5 aromatic rings. The smallest absolute Gasteiger partial charge is 0.369 e. The van der Waals surface area contributed by atoms with Gasteiger partial charge in [-0.2, -0.15) is 0 Å². The first-order valence-corrected chi connectivity index (χ1v) is 12.6. The van der Waals surface area contributed by atoms with Crippen molar-refractivity contribution in [3.05, 3.63) is 102 Å². The zero-order valence-electron chi connectivity index (χ0n) is 21.4. The van der Waals surface area contributed by atoms with E-state index < -0.39 is 0 Å². The molecule has 0 aliphatic rings. The number of aromatic nitrogens is 3. The summed E-state index contributed by atoms with van der Waals surface area (Å²) in [5.41, 5.74) is 16.8. The van der Waals surface area contributed by atoms with Crippen LogP contribution in [0.25, 0.3) is 22.0 Å². The molecule has 190 valence electrons. The zero-order chi connectivity index (χ0) is 26.6. The van der Waals surface area contributed by atoms with Crippen LogP contribution < -0.4 is 26.7 Å². The van der Waals surface area contributed by atoms with Crippen molar-refractivity contribution in [3.63, 3.8) is 0 Å². The van der Waals surface area contributed by atoms with Crippen molar-refractivity contribution in [1.29, 1.82) is 0 Å². The van der Waals surface area contributed by atoms with Crippen LogP contribution in [0, 0.1) is 0 Å². The minimum Gasteiger partial charge on any atom is -0.369 e. The average Bonchev–Trinajstić information content (AvgIpc) is 2.94. The normalized spacial score (nSPS) is 11.6. The Bertz CT molecular complexity index is 1690. The molecule has 2 heterocycles. The van der Waals surface area contributed by atoms with E-state index in [1.165, 1.54) is 0 Å². The van der Waals surface area contributed by atoms with Crippen LogP contribution in [0.3, 0.4) is 0 Å². The van der Waals surface area contributed by atoms with Gasteiger partial charge in [0.05, 0.1) is 34.9 Å². The molecule has 0 spiro atoms. The third-order valence-corrected chi connectivity index (χ3v) is 6.51. The summed E-state index contributed by atoms with van der Waals surface area (Å²) in [6, 6.07) is 25.0. The Morgan fingerprint density at radius 1 is 0.974 bits per heavy atom. The SMILES string of the molecule is CCn1ccc(=Nc2ccc(C(=O)Nc3ccc(-c4c[n+](CC)c(N)nc4N)cc3)cc2)c2ccccc21. The van der Waals surface area contributed by atoms with Gasteiger partial charge in [-0.15, -0.1) is 0 Å². The first kappa shape index (κ1) is 24.7. The van der Waals surface area contributed by atoms with Crippen molar-refractivity contribution >= 4 is 40.0 Å². The number of nitrogens with zero attached hydrogens (tertiary/aromatic N) is 4. The number of para-hydroxylation sites is 1. The predicted molar refractivity (Wildman–Crippen MR) is 152 cm³/mol. The van der Waals surface area contributed by atoms with E-state index in [1.807, 2.05) is 78.5 Å². The van der Waals surface area contributed by atoms with E-state index in [9.17, 15) is 4.79 Å². The maximum atomic E-state index is 12.9. The molecule has 0 saturated carbocycles. The van der Waals surface area contributed by atoms with Crippen molar-refractivity contribution in [2.45, 2.75) is 26.9 Å². The van der Waals surface area contributed by atoms with Gasteiger partial charge in [0.15, 0.2) is 0 Å². The van der Waals surface area contributed by atoms with Gasteiger partial charge in [0.2, 0.25) is 5.82 Å². The van der Waals surface area contributed by atoms with Gasteiger partial charge < -0.3 is 15.6 Å². The summed E-state index contributed by atoms with van der Waals surface area (Å²) >= 11 is 0. The number of carbonyl (C=O) groups is 1. The summed E-state index contributed by atoms with van der Waals surface area (Å²) in [7, 11) is 0. The lowest BCUT2D eigenvalue weighted by Crippen LogP contribution is -2.37. The Morgan fingerprint density at radius 3 is 2.42 bits per heavy atom. The van der Waals surface area contributed by atoms with Gasteiger partial charge in [-0.1, -0.05) is 35.3 Å². The number of fused-ring (bicyclic) bond motifs is 1. The number of aryl methyl sites for hydroxylation is 2. The standard InChI is InChI=1S/C30H29N7O/c1-3-36-18-17-26(24-7-5-6-8-27(24)36)33-22-15-11-21(12-16-22)29(38)34-23-13-9-20(10-14-23)25-19-37(4-2)30(32)35-28(25)31/h5-19H,3-4H2,1-2H3,(H4,31,32,34,35,38)/p+1. The van der Waals surface area contributed by atoms with E-state index >= 15 is 0 Å². The van der Waals surface area contributed by atoms with E-state index in [0.717, 1.165) is 39.6 Å². The number of nitrogens with two attached hydrogens (primary N) is 2. The molecule has 38 heavy (non-hydrogen) atoms. The summed E-state index contributed by atoms with van der Waals surface area (Å²) in [6.07, 6.45) is 3.94. The summed E-state index contributed by atoms with van der Waals surface area (Å²) in [6.45, 7) is 5.68. The topological polar surface area (TPSA) is 115 Å². The molecule has 1 amide bonds. The fraction of sp³-hybridized carbons (Fsp3) is 0.133. The van der Waals surface area contributed by atoms with Gasteiger partial charge in [0.1, 0.15) is 0 Å². The second kappa shape index (κ2) is 10.6. The van der Waals surface area contributed by atoms with Gasteiger partial charge in [-0.25, -0.2) is 9.56 Å². The highest BCUT2D eigenvalue weighted by Gasteiger charge is 2.14. The summed E-state index contributed by atoms with van der Waals surface area (Å²) in [4.78, 5) is 21.9. The van der Waals surface area contributed by atoms with Crippen LogP contribution in [0.5, 0.6) is 0 Å². The molecule has 0 bridgehead atoms. The third-order valence-electron chi connectivity index (χ3n) is 6.51. The predicted octanol–water partition coefficient (Wildman–Crippen LogP) is 4.68. The Hall–Kier alpha value is -4.98. The number of benzene rings is 3. The highest BCUT2D eigenvalue weighted by molar-refractivity contribution is 6.04. The van der Waals surface area contributed by atoms with E-state index in [0.29, 0.717) is 29.6 Å². The number of rotatable bonds is 6. The van der Waals surface area contributed by atoms with Crippen LogP contribution in [0.4, 0.5) is 23.1 Å². The zero-order valence-corrected chi connectivity index (χ0v) is 21.4. The monoisotopic (exact) mass is 504 g/mol. The number of amides is 1. The van der Waals surface area contributed by atoms with Crippen LogP contribution in [0.1, 0.15) is 24.2 Å². The molecule has 8 heteroatoms. The maximum absolute atomic E-state index is 12.9. The molecule has 0 saturated heterocycles. The fourth-order valence-corrected chi connectivity index (χ4v) is 4.42. The van der Waals surface area contributed by atoms with Crippen molar-refractivity contribution < 1.29 is 9.36 Å². The molecule has 5 N–H and O–H groups in total. The van der Waals surface area contributed by atoms with Crippen LogP contribution in [0.2, 0.25) is 0 Å². The van der Waals surface area contributed by atoms with E-state index in [4.69, 9.17) is 16.5 Å². The largest absolute Gasteiger partial charge is 0.391 e. The quantitative estimate of drug-likeness (QED) is 0.291. The van der Waals surface area contributed by atoms with E-state index in [2.05, 4.69) is 33.9 Å². The van der Waals surface area contributed by atoms with Gasteiger partial charge >= 0.3 is 5.95 Å². The lowest BCUT2D eigenvalue weighted by molar-refractivity contribution is -0.681. The second-order valence-electron chi connectivity index (χ2n) is 8.88. The molecule has 0 fully saturated rings. The summed E-state index contributed by atoms with van der Waals surface area (Å²) < 4.78 is 4.02. The number of nitrogen functional groups attached to an aromatic ring is 2. The summed E-state index contributed by atoms with van der Waals surface area (Å²) in [5.74, 6) is 0.539. The molecular weight excluding hydrogens is 474 g/mol. The fourth-order valence-electron chi connectivity index (χ4n) is 4.42. The van der Waals surface area contributed by atoms with Gasteiger partial charge in [0, 0.05) is 29.4 Å². The number of nitrogens with one attached hydrogen (secondary N) is 1. The number of hydrogen-bond acceptors (Lipinski definition) is 5. The average molecular weight is 505 g/mol. The Labute approximate surface area is 220 Å². The van der Waals surface area contributed by atoms with E-state index in [1.54, 1.807) is 12.1 Å². The Kier molecular flexibility index (Phi) is 6.86. The molecule has 3 aromatic carbocycles. The number of carbonyl (C=O) groups excluding carboxylic acids is 1. The van der Waals surface area contributed by atoms with Crippen LogP contribution in [-0.2, 0) is 13.1 Å². The molecule has 2 aromatic heterocycles. The molecule has 0 aliphatic carbocycles.